The average Bonchev–Trinajstić information content (AvgIpc) is 3.50. The highest BCUT2D eigenvalue weighted by molar-refractivity contribution is 7.99. The number of aromatic nitrogens is 3. The van der Waals surface area contributed by atoms with E-state index in [0.717, 1.165) is 34.6 Å². The monoisotopic (exact) mass is 550 g/mol. The first-order chi connectivity index (χ1) is 17.1. The lowest BCUT2D eigenvalue weighted by molar-refractivity contribution is -0.141. The second-order valence-electron chi connectivity index (χ2n) is 7.99. The van der Waals surface area contributed by atoms with Crippen molar-refractivity contribution in [1.82, 2.24) is 19.4 Å². The number of hydrogen-bond acceptors (Lipinski definition) is 4. The molecule has 36 heavy (non-hydrogen) atoms. The minimum Gasteiger partial charge on any atom is -0.330 e. The van der Waals surface area contributed by atoms with Gasteiger partial charge in [-0.25, -0.2) is 4.98 Å². The molecule has 5 rings (SSSR count). The van der Waals surface area contributed by atoms with Crippen LogP contribution in [-0.4, -0.2) is 25.3 Å². The van der Waals surface area contributed by atoms with E-state index >= 15 is 0 Å². The van der Waals surface area contributed by atoms with E-state index in [1.165, 1.54) is 17.0 Å². The highest BCUT2D eigenvalue weighted by atomic mass is 35.5. The normalized spacial score (nSPS) is 13.2. The van der Waals surface area contributed by atoms with E-state index < -0.39 is 28.9 Å². The third-order valence-electron chi connectivity index (χ3n) is 5.65. The number of alkyl halides is 3. The number of halogens is 5. The summed E-state index contributed by atoms with van der Waals surface area (Å²) in [5.74, 6) is -0.698. The van der Waals surface area contributed by atoms with Crippen LogP contribution in [0.25, 0.3) is 5.69 Å². The van der Waals surface area contributed by atoms with Crippen molar-refractivity contribution in [3.05, 3.63) is 104 Å². The SMILES string of the molecule is O=C(c1c(Sc2c(Cl)cccc2Cl)cc(C(F)(F)F)[nH]c1=O)N1Cc2ccc(-n3ccnc3)cc2C1. The number of hydrogen-bond donors (Lipinski definition) is 1. The second kappa shape index (κ2) is 9.34. The fourth-order valence-electron chi connectivity index (χ4n) is 3.92. The number of amides is 1. The number of nitrogens with one attached hydrogen (secondary N) is 1. The zero-order valence-corrected chi connectivity index (χ0v) is 20.5. The zero-order valence-electron chi connectivity index (χ0n) is 18.1. The van der Waals surface area contributed by atoms with Crippen LogP contribution in [0.5, 0.6) is 0 Å². The Bertz CT molecular complexity index is 1520. The molecule has 1 aliphatic heterocycles. The minimum atomic E-state index is -4.83. The molecule has 4 aromatic rings. The van der Waals surface area contributed by atoms with E-state index in [0.29, 0.717) is 0 Å². The summed E-state index contributed by atoms with van der Waals surface area (Å²) in [7, 11) is 0. The molecule has 0 bridgehead atoms. The molecule has 0 fully saturated rings. The maximum Gasteiger partial charge on any atom is 0.431 e. The molecule has 0 atom stereocenters. The first kappa shape index (κ1) is 24.5. The molecular formula is C24H15Cl2F3N4O2S. The Morgan fingerprint density at radius 2 is 1.78 bits per heavy atom. The van der Waals surface area contributed by atoms with Crippen molar-refractivity contribution in [3.8, 4) is 5.69 Å². The Morgan fingerprint density at radius 1 is 1.06 bits per heavy atom. The summed E-state index contributed by atoms with van der Waals surface area (Å²) in [6.07, 6.45) is 0.244. The van der Waals surface area contributed by atoms with Gasteiger partial charge >= 0.3 is 6.18 Å². The number of nitrogens with zero attached hydrogens (tertiary/aromatic N) is 3. The van der Waals surface area contributed by atoms with Gasteiger partial charge in [0.05, 0.1) is 16.4 Å². The number of fused-ring (bicyclic) bond motifs is 1. The lowest BCUT2D eigenvalue weighted by Gasteiger charge is -2.18. The molecular weight excluding hydrogens is 536 g/mol. The van der Waals surface area contributed by atoms with Crippen molar-refractivity contribution in [1.29, 1.82) is 0 Å². The zero-order chi connectivity index (χ0) is 25.6. The lowest BCUT2D eigenvalue weighted by Crippen LogP contribution is -2.32. The van der Waals surface area contributed by atoms with Crippen LogP contribution in [0.15, 0.2) is 75.8 Å². The lowest BCUT2D eigenvalue weighted by atomic mass is 10.1. The average molecular weight is 551 g/mol. The van der Waals surface area contributed by atoms with Crippen molar-refractivity contribution in [3.63, 3.8) is 0 Å². The van der Waals surface area contributed by atoms with Gasteiger partial charge in [-0.15, -0.1) is 0 Å². The quantitative estimate of drug-likeness (QED) is 0.328. The van der Waals surface area contributed by atoms with Crippen LogP contribution >= 0.6 is 35.0 Å². The van der Waals surface area contributed by atoms with Gasteiger partial charge in [-0.2, -0.15) is 13.2 Å². The van der Waals surface area contributed by atoms with E-state index in [4.69, 9.17) is 23.2 Å². The predicted octanol–water partition coefficient (Wildman–Crippen LogP) is 6.19. The standard InChI is InChI=1S/C24H15Cl2F3N4O2S/c25-16-2-1-3-17(26)21(16)36-18-9-19(24(27,28)29)31-22(34)20(18)23(35)33-10-13-4-5-15(8-14(13)11-33)32-7-6-30-12-32/h1-9,12H,10-11H2,(H,31,34). The van der Waals surface area contributed by atoms with Gasteiger partial charge in [-0.1, -0.05) is 47.1 Å². The highest BCUT2D eigenvalue weighted by Gasteiger charge is 2.36. The van der Waals surface area contributed by atoms with E-state index in [1.807, 2.05) is 22.8 Å². The van der Waals surface area contributed by atoms with Crippen molar-refractivity contribution in [2.45, 2.75) is 29.1 Å². The summed E-state index contributed by atoms with van der Waals surface area (Å²) in [5.41, 5.74) is -0.246. The molecule has 1 aliphatic rings. The molecule has 0 saturated heterocycles. The van der Waals surface area contributed by atoms with Crippen LogP contribution in [0.1, 0.15) is 27.2 Å². The molecule has 2 aromatic carbocycles. The number of imidazole rings is 1. The molecule has 1 amide bonds. The molecule has 12 heteroatoms. The smallest absolute Gasteiger partial charge is 0.330 e. The molecule has 0 spiro atoms. The Balaban J connectivity index is 1.53. The van der Waals surface area contributed by atoms with Crippen LogP contribution in [0, 0.1) is 0 Å². The Morgan fingerprint density at radius 3 is 2.44 bits per heavy atom. The molecule has 1 N–H and O–H groups in total. The van der Waals surface area contributed by atoms with E-state index in [-0.39, 0.29) is 32.9 Å². The summed E-state index contributed by atoms with van der Waals surface area (Å²) >= 11 is 13.2. The summed E-state index contributed by atoms with van der Waals surface area (Å²) in [5, 5.41) is 0.362. The van der Waals surface area contributed by atoms with Gasteiger partial charge in [0.1, 0.15) is 11.3 Å². The van der Waals surface area contributed by atoms with Crippen molar-refractivity contribution < 1.29 is 18.0 Å². The first-order valence-corrected chi connectivity index (χ1v) is 12.0. The van der Waals surface area contributed by atoms with E-state index in [2.05, 4.69) is 4.98 Å². The largest absolute Gasteiger partial charge is 0.431 e. The predicted molar refractivity (Wildman–Crippen MR) is 130 cm³/mol. The molecule has 2 aromatic heterocycles. The van der Waals surface area contributed by atoms with Crippen molar-refractivity contribution in [2.75, 3.05) is 0 Å². The van der Waals surface area contributed by atoms with Gasteiger partial charge < -0.3 is 14.5 Å². The maximum atomic E-state index is 13.5. The molecule has 0 saturated carbocycles. The first-order valence-electron chi connectivity index (χ1n) is 10.5. The van der Waals surface area contributed by atoms with E-state index in [9.17, 15) is 22.8 Å². The fourth-order valence-corrected chi connectivity index (χ4v) is 5.56. The van der Waals surface area contributed by atoms with Gasteiger partial charge in [0, 0.05) is 41.0 Å². The molecule has 184 valence electrons. The third kappa shape index (κ3) is 4.63. The number of carbonyl (C=O) groups is 1. The fraction of sp³-hybridized carbons (Fsp3) is 0.125. The summed E-state index contributed by atoms with van der Waals surface area (Å²) in [6, 6.07) is 11.0. The number of carbonyl (C=O) groups excluding carboxylic acids is 1. The topological polar surface area (TPSA) is 71.0 Å². The Kier molecular flexibility index (Phi) is 6.36. The van der Waals surface area contributed by atoms with Crippen molar-refractivity contribution >= 4 is 40.9 Å². The van der Waals surface area contributed by atoms with E-state index in [1.54, 1.807) is 29.8 Å². The van der Waals surface area contributed by atoms with Crippen LogP contribution < -0.4 is 5.56 Å². The van der Waals surface area contributed by atoms with Crippen LogP contribution in [0.4, 0.5) is 13.2 Å². The molecule has 3 heterocycles. The molecule has 0 aliphatic carbocycles. The minimum absolute atomic E-state index is 0.181. The Hall–Kier alpha value is -3.21. The number of benzene rings is 2. The van der Waals surface area contributed by atoms with Crippen LogP contribution in [0.3, 0.4) is 0 Å². The van der Waals surface area contributed by atoms with Gasteiger partial charge in [-0.05, 0) is 41.5 Å². The maximum absolute atomic E-state index is 13.5. The summed E-state index contributed by atoms with van der Waals surface area (Å²) in [4.78, 5) is 33.7. The third-order valence-corrected chi connectivity index (χ3v) is 7.69. The van der Waals surface area contributed by atoms with Gasteiger partial charge in [0.2, 0.25) is 0 Å². The highest BCUT2D eigenvalue weighted by Crippen LogP contribution is 2.41. The van der Waals surface area contributed by atoms with Gasteiger partial charge in [0.15, 0.2) is 0 Å². The number of rotatable bonds is 4. The van der Waals surface area contributed by atoms with Crippen LogP contribution in [-0.2, 0) is 19.3 Å². The van der Waals surface area contributed by atoms with Crippen LogP contribution in [0.2, 0.25) is 10.0 Å². The van der Waals surface area contributed by atoms with Gasteiger partial charge in [0.25, 0.3) is 11.5 Å². The molecule has 0 radical (unpaired) electrons. The number of H-pyrrole nitrogens is 1. The molecule has 6 nitrogen and oxygen atoms in total. The van der Waals surface area contributed by atoms with Crippen molar-refractivity contribution in [2.24, 2.45) is 0 Å². The molecule has 0 unspecified atom stereocenters. The summed E-state index contributed by atoms with van der Waals surface area (Å²) in [6.45, 7) is 0.393. The number of aromatic amines is 1. The Labute approximate surface area is 216 Å². The summed E-state index contributed by atoms with van der Waals surface area (Å²) < 4.78 is 42.3. The van der Waals surface area contributed by atoms with Gasteiger partial charge in [-0.3, -0.25) is 9.59 Å². The second-order valence-corrected chi connectivity index (χ2v) is 9.85. The number of pyridine rings is 1.